The first-order valence-electron chi connectivity index (χ1n) is 10.9. The van der Waals surface area contributed by atoms with Crippen molar-refractivity contribution in [3.05, 3.63) is 111 Å². The summed E-state index contributed by atoms with van der Waals surface area (Å²) in [5.74, 6) is 0.0561. The van der Waals surface area contributed by atoms with E-state index in [2.05, 4.69) is 5.32 Å². The maximum absolute atomic E-state index is 13.0. The number of anilines is 1. The molecule has 4 rings (SSSR count). The van der Waals surface area contributed by atoms with Crippen molar-refractivity contribution in [1.82, 2.24) is 0 Å². The number of benzene rings is 4. The number of hydrogen-bond acceptors (Lipinski definition) is 3. The third-order valence-corrected chi connectivity index (χ3v) is 6.47. The highest BCUT2D eigenvalue weighted by Crippen LogP contribution is 2.32. The summed E-state index contributed by atoms with van der Waals surface area (Å²) in [6, 6.07) is 24.5. The van der Waals surface area contributed by atoms with Gasteiger partial charge in [-0.1, -0.05) is 65.7 Å². The zero-order valence-corrected chi connectivity index (χ0v) is 20.7. The average Bonchev–Trinajstić information content (AvgIpc) is 2.85. The molecule has 0 aliphatic rings. The second-order valence-electron chi connectivity index (χ2n) is 8.16. The third-order valence-electron chi connectivity index (χ3n) is 5.73. The summed E-state index contributed by atoms with van der Waals surface area (Å²) in [6.45, 7) is 4.22. The van der Waals surface area contributed by atoms with Gasteiger partial charge in [0.15, 0.2) is 0 Å². The summed E-state index contributed by atoms with van der Waals surface area (Å²) in [4.78, 5) is 13.0. The molecule has 0 aromatic heterocycles. The van der Waals surface area contributed by atoms with Gasteiger partial charge in [-0.15, -0.1) is 0 Å². The Labute approximate surface area is 214 Å². The fourth-order valence-corrected chi connectivity index (χ4v) is 3.97. The molecule has 0 unspecified atom stereocenters. The van der Waals surface area contributed by atoms with Gasteiger partial charge in [0, 0.05) is 11.3 Å². The Kier molecular flexibility index (Phi) is 7.41. The normalized spacial score (nSPS) is 11.2. The van der Waals surface area contributed by atoms with Crippen molar-refractivity contribution in [2.45, 2.75) is 20.5 Å². The molecule has 4 aromatic rings. The number of carbonyl (C=O) groups excluding carboxylic acids is 1. The Morgan fingerprint density at radius 3 is 2.51 bits per heavy atom. The molecule has 0 saturated heterocycles. The van der Waals surface area contributed by atoms with Crippen LogP contribution in [0, 0.1) is 25.2 Å². The number of hydrogen-bond donors (Lipinski definition) is 1. The van der Waals surface area contributed by atoms with E-state index in [0.717, 1.165) is 27.5 Å². The summed E-state index contributed by atoms with van der Waals surface area (Å²) in [6.07, 6.45) is 1.57. The summed E-state index contributed by atoms with van der Waals surface area (Å²) >= 11 is 12.2. The minimum Gasteiger partial charge on any atom is -0.488 e. The highest BCUT2D eigenvalue weighted by atomic mass is 35.5. The molecule has 174 valence electrons. The molecule has 35 heavy (non-hydrogen) atoms. The van der Waals surface area contributed by atoms with Gasteiger partial charge in [-0.05, 0) is 77.7 Å². The first kappa shape index (κ1) is 24.3. The lowest BCUT2D eigenvalue weighted by Gasteiger charge is -2.13. The number of nitrogens with zero attached hydrogens (tertiary/aromatic N) is 1. The van der Waals surface area contributed by atoms with E-state index in [0.29, 0.717) is 27.0 Å². The number of ether oxygens (including phenoxy) is 1. The van der Waals surface area contributed by atoms with Crippen molar-refractivity contribution in [3.63, 3.8) is 0 Å². The molecule has 0 atom stereocenters. The Bertz CT molecular complexity index is 1500. The second-order valence-corrected chi connectivity index (χ2v) is 8.97. The van der Waals surface area contributed by atoms with E-state index in [-0.39, 0.29) is 12.2 Å². The molecule has 0 spiro atoms. The number of nitriles is 1. The monoisotopic (exact) mass is 500 g/mol. The molecule has 0 aliphatic heterocycles. The number of amides is 1. The van der Waals surface area contributed by atoms with Gasteiger partial charge in [0.1, 0.15) is 24.0 Å². The van der Waals surface area contributed by atoms with Gasteiger partial charge in [-0.2, -0.15) is 5.26 Å². The molecule has 1 N–H and O–H groups in total. The number of aryl methyl sites for hydroxylation is 2. The molecule has 6 heteroatoms. The molecule has 0 radical (unpaired) electrons. The Morgan fingerprint density at radius 1 is 0.971 bits per heavy atom. The summed E-state index contributed by atoms with van der Waals surface area (Å²) in [7, 11) is 0. The minimum atomic E-state index is -0.487. The first-order chi connectivity index (χ1) is 16.9. The number of rotatable bonds is 6. The Morgan fingerprint density at radius 2 is 1.77 bits per heavy atom. The van der Waals surface area contributed by atoms with E-state index in [1.165, 1.54) is 0 Å². The Balaban J connectivity index is 1.69. The maximum atomic E-state index is 13.0. The van der Waals surface area contributed by atoms with Gasteiger partial charge in [0.25, 0.3) is 5.91 Å². The predicted octanol–water partition coefficient (Wildman–Crippen LogP) is 7.89. The van der Waals surface area contributed by atoms with Crippen LogP contribution < -0.4 is 10.1 Å². The van der Waals surface area contributed by atoms with Gasteiger partial charge < -0.3 is 10.1 Å². The molecule has 0 bridgehead atoms. The lowest BCUT2D eigenvalue weighted by molar-refractivity contribution is -0.112. The van der Waals surface area contributed by atoms with E-state index in [1.807, 2.05) is 80.6 Å². The second kappa shape index (κ2) is 10.7. The molecular weight excluding hydrogens is 479 g/mol. The van der Waals surface area contributed by atoms with Crippen LogP contribution in [0.15, 0.2) is 78.4 Å². The fraction of sp³-hybridized carbons (Fsp3) is 0.103. The molecule has 1 amide bonds. The zero-order valence-electron chi connectivity index (χ0n) is 19.2. The molecule has 4 nitrogen and oxygen atoms in total. The molecule has 0 aliphatic carbocycles. The van der Waals surface area contributed by atoms with Crippen molar-refractivity contribution >= 4 is 51.6 Å². The van der Waals surface area contributed by atoms with Gasteiger partial charge >= 0.3 is 0 Å². The number of halogens is 2. The quantitative estimate of drug-likeness (QED) is 0.216. The van der Waals surface area contributed by atoms with Crippen molar-refractivity contribution in [2.75, 3.05) is 5.32 Å². The van der Waals surface area contributed by atoms with Gasteiger partial charge in [0.05, 0.1) is 10.0 Å². The van der Waals surface area contributed by atoms with Crippen molar-refractivity contribution in [1.29, 1.82) is 5.26 Å². The van der Waals surface area contributed by atoms with Crippen LogP contribution in [0.1, 0.15) is 22.3 Å². The van der Waals surface area contributed by atoms with Crippen LogP contribution in [0.4, 0.5) is 5.69 Å². The smallest absolute Gasteiger partial charge is 0.266 e. The highest BCUT2D eigenvalue weighted by molar-refractivity contribution is 6.42. The van der Waals surface area contributed by atoms with Crippen LogP contribution in [0.5, 0.6) is 5.75 Å². The van der Waals surface area contributed by atoms with Crippen LogP contribution in [0.3, 0.4) is 0 Å². The van der Waals surface area contributed by atoms with Crippen molar-refractivity contribution in [2.24, 2.45) is 0 Å². The summed E-state index contributed by atoms with van der Waals surface area (Å²) in [5.41, 5.74) is 4.27. The molecule has 4 aromatic carbocycles. The SMILES string of the molecule is Cc1ccc(NC(=O)/C(C#N)=C/c2c(OCc3ccc(Cl)c(Cl)c3)ccc3ccccc23)cc1C. The van der Waals surface area contributed by atoms with Gasteiger partial charge in [0.2, 0.25) is 0 Å². The van der Waals surface area contributed by atoms with Crippen LogP contribution in [0.2, 0.25) is 10.0 Å². The number of fused-ring (bicyclic) bond motifs is 1. The average molecular weight is 501 g/mol. The molecule has 0 saturated carbocycles. The maximum Gasteiger partial charge on any atom is 0.266 e. The van der Waals surface area contributed by atoms with Crippen molar-refractivity contribution < 1.29 is 9.53 Å². The van der Waals surface area contributed by atoms with Crippen LogP contribution >= 0.6 is 23.2 Å². The fourth-order valence-electron chi connectivity index (χ4n) is 3.65. The van der Waals surface area contributed by atoms with Gasteiger partial charge in [-0.25, -0.2) is 0 Å². The van der Waals surface area contributed by atoms with E-state index in [9.17, 15) is 10.1 Å². The highest BCUT2D eigenvalue weighted by Gasteiger charge is 2.14. The lowest BCUT2D eigenvalue weighted by Crippen LogP contribution is -2.13. The molecule has 0 heterocycles. The van der Waals surface area contributed by atoms with E-state index in [1.54, 1.807) is 18.2 Å². The third kappa shape index (κ3) is 5.66. The van der Waals surface area contributed by atoms with Crippen LogP contribution in [-0.2, 0) is 11.4 Å². The summed E-state index contributed by atoms with van der Waals surface area (Å²) < 4.78 is 6.11. The van der Waals surface area contributed by atoms with E-state index >= 15 is 0 Å². The Hall–Kier alpha value is -3.78. The zero-order chi connectivity index (χ0) is 24.9. The lowest BCUT2D eigenvalue weighted by atomic mass is 10.0. The minimum absolute atomic E-state index is 0.0287. The summed E-state index contributed by atoms with van der Waals surface area (Å²) in [5, 5.41) is 15.4. The first-order valence-corrected chi connectivity index (χ1v) is 11.7. The largest absolute Gasteiger partial charge is 0.488 e. The number of carbonyl (C=O) groups is 1. The predicted molar refractivity (Wildman–Crippen MR) is 143 cm³/mol. The number of nitrogens with one attached hydrogen (secondary N) is 1. The molecule has 0 fully saturated rings. The topological polar surface area (TPSA) is 62.1 Å². The molecular formula is C29H22Cl2N2O2. The standard InChI is InChI=1S/C29H22Cl2N2O2/c1-18-7-10-23(13-19(18)2)33-29(34)22(16-32)15-25-24-6-4-3-5-21(24)9-12-28(25)35-17-20-8-11-26(30)27(31)14-20/h3-15H,17H2,1-2H3,(H,33,34)/b22-15+. The van der Waals surface area contributed by atoms with Gasteiger partial charge in [-0.3, -0.25) is 4.79 Å². The van der Waals surface area contributed by atoms with E-state index in [4.69, 9.17) is 27.9 Å². The van der Waals surface area contributed by atoms with E-state index < -0.39 is 5.91 Å². The van der Waals surface area contributed by atoms with Crippen LogP contribution in [0.25, 0.3) is 16.8 Å². The van der Waals surface area contributed by atoms with Crippen LogP contribution in [-0.4, -0.2) is 5.91 Å². The van der Waals surface area contributed by atoms with Crippen molar-refractivity contribution in [3.8, 4) is 11.8 Å².